The van der Waals surface area contributed by atoms with Crippen molar-refractivity contribution in [2.75, 3.05) is 43.4 Å². The van der Waals surface area contributed by atoms with E-state index < -0.39 is 24.1 Å². The van der Waals surface area contributed by atoms with Crippen molar-refractivity contribution in [2.45, 2.75) is 69.4 Å². The highest BCUT2D eigenvalue weighted by atomic mass is 35.5. The van der Waals surface area contributed by atoms with Crippen LogP contribution in [0.15, 0.2) is 109 Å². The molecule has 2 bridgehead atoms. The van der Waals surface area contributed by atoms with Gasteiger partial charge in [0.2, 0.25) is 0 Å². The van der Waals surface area contributed by atoms with Gasteiger partial charge in [-0.25, -0.2) is 9.59 Å². The summed E-state index contributed by atoms with van der Waals surface area (Å²) in [6.45, 7) is 0.902. The third-order valence-corrected chi connectivity index (χ3v) is 14.6. The van der Waals surface area contributed by atoms with Crippen molar-refractivity contribution in [1.29, 1.82) is 0 Å². The summed E-state index contributed by atoms with van der Waals surface area (Å²) in [6.07, 6.45) is 4.58. The van der Waals surface area contributed by atoms with Crippen LogP contribution in [-0.2, 0) is 33.8 Å². The van der Waals surface area contributed by atoms with Gasteiger partial charge in [-0.1, -0.05) is 71.7 Å². The Morgan fingerprint density at radius 1 is 0.841 bits per heavy atom. The average molecular weight is 1000 g/mol. The van der Waals surface area contributed by atoms with Gasteiger partial charge in [-0.3, -0.25) is 14.6 Å². The van der Waals surface area contributed by atoms with Gasteiger partial charge in [0.1, 0.15) is 34.6 Å². The number of amides is 2. The summed E-state index contributed by atoms with van der Waals surface area (Å²) in [4.78, 5) is 47.2. The highest BCUT2D eigenvalue weighted by molar-refractivity contribution is 8.00. The predicted molar refractivity (Wildman–Crippen MR) is 256 cm³/mol. The maximum atomic E-state index is 14.1. The molecule has 69 heavy (non-hydrogen) atoms. The lowest BCUT2D eigenvalue weighted by molar-refractivity contribution is -0.605. The summed E-state index contributed by atoms with van der Waals surface area (Å²) in [5.74, 6) is 0.543. The van der Waals surface area contributed by atoms with Gasteiger partial charge >= 0.3 is 18.7 Å². The van der Waals surface area contributed by atoms with Gasteiger partial charge in [0, 0.05) is 42.1 Å². The number of nitrogens with zero attached hydrogens (tertiary/aromatic N) is 4. The van der Waals surface area contributed by atoms with Gasteiger partial charge in [0.05, 0.1) is 13.2 Å². The lowest BCUT2D eigenvalue weighted by Gasteiger charge is -2.44. The standard InChI is InChI=1S/C51H50Cl2F2N4O9S/c52-41-27-57(63)28-42(53)40(41)25-44(37-14-17-43(67-50(54)55)45(24-37)65-31-33-6-7-33)66-49(61)48-58(22-23-69-48)47(60)36-12-8-34(9-13-36)30-64-39-15-10-32(11-16-39)26-59(38-4-2-1-3-5-38)51(62)68-46-29-56-20-18-35(46)19-21-56/h1-5,8-17,24,27-28,33,35,44,46,48,50H,6-7,18-23,25-26,29-31H2/t44-,46-,48-/m0/s1. The molecule has 1 aromatic heterocycles. The fourth-order valence-corrected chi connectivity index (χ4v) is 10.5. The monoisotopic (exact) mass is 1000 g/mol. The molecule has 18 heteroatoms. The van der Waals surface area contributed by atoms with Crippen LogP contribution in [0.2, 0.25) is 10.0 Å². The van der Waals surface area contributed by atoms with Gasteiger partial charge in [-0.05, 0) is 116 Å². The van der Waals surface area contributed by atoms with Crippen LogP contribution in [0.3, 0.4) is 0 Å². The van der Waals surface area contributed by atoms with E-state index in [1.807, 2.05) is 54.6 Å². The van der Waals surface area contributed by atoms with Crippen molar-refractivity contribution in [3.63, 3.8) is 0 Å². The summed E-state index contributed by atoms with van der Waals surface area (Å²) < 4.78 is 56.2. The first-order valence-corrected chi connectivity index (χ1v) is 24.7. The molecule has 0 unspecified atom stereocenters. The molecule has 3 atom stereocenters. The molecule has 5 fully saturated rings. The Morgan fingerprint density at radius 2 is 1.55 bits per heavy atom. The van der Waals surface area contributed by atoms with Gasteiger partial charge in [-0.15, -0.1) is 11.8 Å². The summed E-state index contributed by atoms with van der Waals surface area (Å²) >= 11 is 14.2. The normalized spacial score (nSPS) is 20.0. The minimum absolute atomic E-state index is 0.0286. The number of hydrogen-bond acceptors (Lipinski definition) is 11. The largest absolute Gasteiger partial charge is 0.619 e. The smallest absolute Gasteiger partial charge is 0.414 e. The molecular formula is C51H50Cl2F2N4O9S. The number of alkyl halides is 2. The van der Waals surface area contributed by atoms with E-state index in [2.05, 4.69) is 4.90 Å². The lowest BCUT2D eigenvalue weighted by atomic mass is 9.86. The third kappa shape index (κ3) is 12.1. The van der Waals surface area contributed by atoms with Gasteiger partial charge in [-0.2, -0.15) is 13.5 Å². The quantitative estimate of drug-likeness (QED) is 0.0472. The molecule has 0 spiro atoms. The molecule has 1 aliphatic carbocycles. The van der Waals surface area contributed by atoms with Crippen molar-refractivity contribution in [2.24, 2.45) is 11.8 Å². The Morgan fingerprint density at radius 3 is 2.22 bits per heavy atom. The molecule has 362 valence electrons. The number of para-hydroxylation sites is 1. The molecule has 2 amide bonds. The van der Waals surface area contributed by atoms with Crippen LogP contribution in [0, 0.1) is 17.0 Å². The van der Waals surface area contributed by atoms with E-state index in [0.29, 0.717) is 57.9 Å². The first-order valence-electron chi connectivity index (χ1n) is 22.9. The van der Waals surface area contributed by atoms with E-state index in [1.54, 1.807) is 29.2 Å². The highest BCUT2D eigenvalue weighted by Gasteiger charge is 2.39. The van der Waals surface area contributed by atoms with Crippen molar-refractivity contribution in [1.82, 2.24) is 9.80 Å². The molecule has 1 saturated carbocycles. The molecule has 13 nitrogen and oxygen atoms in total. The lowest BCUT2D eigenvalue weighted by Crippen LogP contribution is -2.53. The number of thioether (sulfide) groups is 1. The molecule has 0 N–H and O–H groups in total. The second-order valence-electron chi connectivity index (χ2n) is 17.6. The van der Waals surface area contributed by atoms with Crippen molar-refractivity contribution >= 4 is 58.6 Å². The fraction of sp³-hybridized carbons (Fsp3) is 0.373. The number of carbonyl (C=O) groups excluding carboxylic acids is 3. The number of aromatic nitrogens is 1. The van der Waals surface area contributed by atoms with E-state index in [9.17, 15) is 28.4 Å². The molecular weight excluding hydrogens is 954 g/mol. The summed E-state index contributed by atoms with van der Waals surface area (Å²) in [6, 6.07) is 28.3. The zero-order valence-electron chi connectivity index (χ0n) is 37.4. The molecule has 4 saturated heterocycles. The summed E-state index contributed by atoms with van der Waals surface area (Å²) in [7, 11) is 0. The van der Waals surface area contributed by atoms with Crippen LogP contribution >= 0.6 is 35.0 Å². The van der Waals surface area contributed by atoms with Crippen LogP contribution in [0.25, 0.3) is 0 Å². The summed E-state index contributed by atoms with van der Waals surface area (Å²) in [5.41, 5.74) is 3.50. The Labute approximate surface area is 412 Å². The number of hydrogen-bond donors (Lipinski definition) is 0. The van der Waals surface area contributed by atoms with E-state index in [4.69, 9.17) is 46.9 Å². The predicted octanol–water partition coefficient (Wildman–Crippen LogP) is 9.88. The molecule has 4 aliphatic heterocycles. The first kappa shape index (κ1) is 48.2. The molecule has 10 rings (SSSR count). The molecule has 5 heterocycles. The molecule has 5 aliphatic rings. The molecule has 4 aromatic carbocycles. The number of benzene rings is 4. The van der Waals surface area contributed by atoms with Crippen LogP contribution < -0.4 is 23.8 Å². The number of fused-ring (bicyclic) bond motifs is 3. The fourth-order valence-electron chi connectivity index (χ4n) is 8.79. The first-order chi connectivity index (χ1) is 33.4. The highest BCUT2D eigenvalue weighted by Crippen LogP contribution is 2.39. The van der Waals surface area contributed by atoms with Gasteiger partial charge in [0.25, 0.3) is 5.91 Å². The number of carbonyl (C=O) groups is 3. The molecule has 0 radical (unpaired) electrons. The Balaban J connectivity index is 0.833. The SMILES string of the molecule is O=C(O[C@@H](Cc1c(Cl)c[n+]([O-])cc1Cl)c1ccc(OC(F)F)c(OCC2CC2)c1)[C@@H]1SCCN1C(=O)c1ccc(COc2ccc(CN(C(=O)O[C@H]3CN4CCC3CC4)c3ccccc3)cc2)cc1. The Hall–Kier alpha value is -5.81. The Kier molecular flexibility index (Phi) is 15.3. The van der Waals surface area contributed by atoms with E-state index in [1.165, 1.54) is 34.9 Å². The van der Waals surface area contributed by atoms with Gasteiger partial charge in [0.15, 0.2) is 29.3 Å². The topological polar surface area (TPSA) is 134 Å². The molecule has 5 aromatic rings. The minimum Gasteiger partial charge on any atom is -0.619 e. The third-order valence-electron chi connectivity index (χ3n) is 12.8. The number of esters is 1. The number of halogens is 4. The Bertz CT molecular complexity index is 2580. The van der Waals surface area contributed by atoms with Crippen LogP contribution in [-0.4, -0.2) is 84.4 Å². The number of ether oxygens (including phenoxy) is 5. The zero-order chi connectivity index (χ0) is 48.0. The van der Waals surface area contributed by atoms with Crippen LogP contribution in [0.5, 0.6) is 17.2 Å². The average Bonchev–Trinajstić information content (AvgIpc) is 4.06. The van der Waals surface area contributed by atoms with Crippen molar-refractivity contribution in [3.05, 3.63) is 153 Å². The zero-order valence-corrected chi connectivity index (χ0v) is 39.8. The second kappa shape index (κ2) is 21.9. The van der Waals surface area contributed by atoms with Crippen molar-refractivity contribution in [3.8, 4) is 17.2 Å². The van der Waals surface area contributed by atoms with E-state index in [0.717, 1.165) is 74.5 Å². The maximum Gasteiger partial charge on any atom is 0.414 e. The number of anilines is 1. The number of rotatable bonds is 18. The minimum atomic E-state index is -3.10. The van der Waals surface area contributed by atoms with Gasteiger partial charge < -0.3 is 33.8 Å². The van der Waals surface area contributed by atoms with E-state index >= 15 is 0 Å². The second-order valence-corrected chi connectivity index (χ2v) is 19.6. The maximum absolute atomic E-state index is 14.1. The number of piperidine rings is 3. The van der Waals surface area contributed by atoms with Crippen LogP contribution in [0.4, 0.5) is 19.3 Å². The summed E-state index contributed by atoms with van der Waals surface area (Å²) in [5, 5.41) is 11.1. The number of pyridine rings is 1. The van der Waals surface area contributed by atoms with E-state index in [-0.39, 0.29) is 59.2 Å². The van der Waals surface area contributed by atoms with Crippen molar-refractivity contribution < 1.29 is 51.6 Å². The van der Waals surface area contributed by atoms with Crippen LogP contribution in [0.1, 0.15) is 64.4 Å².